The van der Waals surface area contributed by atoms with E-state index in [1.54, 1.807) is 11.8 Å². The maximum absolute atomic E-state index is 11.8. The van der Waals surface area contributed by atoms with Gasteiger partial charge in [-0.05, 0) is 36.9 Å². The average molecular weight is 271 g/mol. The molecular weight excluding hydrogens is 250 g/mol. The Kier molecular flexibility index (Phi) is 4.54. The molecule has 0 N–H and O–H groups in total. The second-order valence-electron chi connectivity index (χ2n) is 5.33. The van der Waals surface area contributed by atoms with E-state index in [9.17, 15) is 9.59 Å². The maximum atomic E-state index is 11.8. The molecule has 1 saturated heterocycles. The molecule has 0 bridgehead atoms. The molecule has 0 spiro atoms. The lowest BCUT2D eigenvalue weighted by molar-refractivity contribution is -0.141. The molecule has 0 aromatic heterocycles. The molecule has 0 aromatic rings. The number of esters is 1. The van der Waals surface area contributed by atoms with Crippen LogP contribution in [-0.2, 0) is 14.3 Å². The quantitative estimate of drug-likeness (QED) is 0.690. The van der Waals surface area contributed by atoms with Gasteiger partial charge in [0.15, 0.2) is 0 Å². The zero-order valence-corrected chi connectivity index (χ0v) is 11.8. The Morgan fingerprint density at radius 2 is 1.94 bits per heavy atom. The number of carbonyl (C=O) groups excluding carboxylic acids is 2. The third-order valence-corrected chi connectivity index (χ3v) is 5.06. The van der Waals surface area contributed by atoms with Crippen LogP contribution in [0.15, 0.2) is 0 Å². The fourth-order valence-corrected chi connectivity index (χ4v) is 3.62. The second kappa shape index (κ2) is 5.95. The molecule has 1 heterocycles. The SMILES string of the molecule is COC(=O)CC1(CSCC(=O)N2CCCC2)CC1. The van der Waals surface area contributed by atoms with Crippen LogP contribution in [0.2, 0.25) is 0 Å². The van der Waals surface area contributed by atoms with Crippen LogP contribution in [0.1, 0.15) is 32.1 Å². The number of nitrogens with zero attached hydrogens (tertiary/aromatic N) is 1. The number of hydrogen-bond donors (Lipinski definition) is 0. The molecule has 1 aliphatic heterocycles. The number of rotatable bonds is 6. The minimum atomic E-state index is -0.126. The highest BCUT2D eigenvalue weighted by Crippen LogP contribution is 2.51. The van der Waals surface area contributed by atoms with E-state index in [4.69, 9.17) is 4.74 Å². The van der Waals surface area contributed by atoms with Crippen molar-refractivity contribution < 1.29 is 14.3 Å². The zero-order valence-electron chi connectivity index (χ0n) is 10.9. The standard InChI is InChI=1S/C13H21NO3S/c1-17-12(16)8-13(4-5-13)10-18-9-11(15)14-6-2-3-7-14/h2-10H2,1H3. The first-order chi connectivity index (χ1) is 8.65. The Hall–Kier alpha value is -0.710. The average Bonchev–Trinajstić information content (AvgIpc) is 2.92. The first-order valence-electron chi connectivity index (χ1n) is 6.58. The van der Waals surface area contributed by atoms with E-state index >= 15 is 0 Å². The van der Waals surface area contributed by atoms with Crippen molar-refractivity contribution in [1.29, 1.82) is 0 Å². The van der Waals surface area contributed by atoms with Crippen molar-refractivity contribution in [3.05, 3.63) is 0 Å². The molecule has 1 saturated carbocycles. The van der Waals surface area contributed by atoms with Crippen LogP contribution < -0.4 is 0 Å². The Bertz CT molecular complexity index is 322. The Morgan fingerprint density at radius 1 is 1.28 bits per heavy atom. The number of thioether (sulfide) groups is 1. The second-order valence-corrected chi connectivity index (χ2v) is 6.32. The minimum absolute atomic E-state index is 0.126. The third kappa shape index (κ3) is 3.64. The number of amides is 1. The molecule has 102 valence electrons. The highest BCUT2D eigenvalue weighted by Gasteiger charge is 2.44. The van der Waals surface area contributed by atoms with Gasteiger partial charge in [-0.25, -0.2) is 0 Å². The highest BCUT2D eigenvalue weighted by molar-refractivity contribution is 7.99. The minimum Gasteiger partial charge on any atom is -0.469 e. The van der Waals surface area contributed by atoms with Crippen LogP contribution in [0, 0.1) is 5.41 Å². The van der Waals surface area contributed by atoms with Crippen LogP contribution >= 0.6 is 11.8 Å². The van der Waals surface area contributed by atoms with Gasteiger partial charge < -0.3 is 9.64 Å². The van der Waals surface area contributed by atoms with Gasteiger partial charge >= 0.3 is 5.97 Å². The summed E-state index contributed by atoms with van der Waals surface area (Å²) in [5, 5.41) is 0. The molecular formula is C13H21NO3S. The fourth-order valence-electron chi connectivity index (χ4n) is 2.34. The molecule has 2 aliphatic rings. The lowest BCUT2D eigenvalue weighted by Crippen LogP contribution is -2.29. The smallest absolute Gasteiger partial charge is 0.306 e. The van der Waals surface area contributed by atoms with Crippen molar-refractivity contribution in [2.45, 2.75) is 32.1 Å². The van der Waals surface area contributed by atoms with Gasteiger partial charge in [0.2, 0.25) is 5.91 Å². The van der Waals surface area contributed by atoms with Gasteiger partial charge in [0.05, 0.1) is 19.3 Å². The van der Waals surface area contributed by atoms with E-state index in [0.717, 1.165) is 44.5 Å². The lowest BCUT2D eigenvalue weighted by atomic mass is 10.1. The van der Waals surface area contributed by atoms with Gasteiger partial charge in [-0.3, -0.25) is 9.59 Å². The summed E-state index contributed by atoms with van der Waals surface area (Å²) in [6.07, 6.45) is 4.97. The van der Waals surface area contributed by atoms with E-state index < -0.39 is 0 Å². The molecule has 1 aliphatic carbocycles. The molecule has 0 radical (unpaired) electrons. The normalized spacial score (nSPS) is 20.8. The predicted octanol–water partition coefficient (Wildman–Crippen LogP) is 1.69. The largest absolute Gasteiger partial charge is 0.469 e. The van der Waals surface area contributed by atoms with E-state index in [0.29, 0.717) is 12.2 Å². The third-order valence-electron chi connectivity index (χ3n) is 3.80. The van der Waals surface area contributed by atoms with Gasteiger partial charge in [0.1, 0.15) is 0 Å². The summed E-state index contributed by atoms with van der Waals surface area (Å²) in [6, 6.07) is 0. The molecule has 1 amide bonds. The zero-order chi connectivity index (χ0) is 13.0. The summed E-state index contributed by atoms with van der Waals surface area (Å²) < 4.78 is 4.71. The molecule has 0 aromatic carbocycles. The Balaban J connectivity index is 1.65. The van der Waals surface area contributed by atoms with E-state index in [2.05, 4.69) is 0 Å². The number of carbonyl (C=O) groups is 2. The first kappa shape index (κ1) is 13.7. The Labute approximate surface area is 112 Å². The van der Waals surface area contributed by atoms with Gasteiger partial charge in [-0.1, -0.05) is 0 Å². The number of methoxy groups -OCH3 is 1. The summed E-state index contributed by atoms with van der Waals surface area (Å²) >= 11 is 1.67. The van der Waals surface area contributed by atoms with Gasteiger partial charge in [0.25, 0.3) is 0 Å². The number of hydrogen-bond acceptors (Lipinski definition) is 4. The molecule has 4 nitrogen and oxygen atoms in total. The summed E-state index contributed by atoms with van der Waals surface area (Å²) in [4.78, 5) is 25.1. The van der Waals surface area contributed by atoms with Crippen molar-refractivity contribution in [1.82, 2.24) is 4.90 Å². The van der Waals surface area contributed by atoms with Crippen LogP contribution in [0.25, 0.3) is 0 Å². The summed E-state index contributed by atoms with van der Waals surface area (Å²) in [5.74, 6) is 1.59. The highest BCUT2D eigenvalue weighted by atomic mass is 32.2. The molecule has 5 heteroatoms. The van der Waals surface area contributed by atoms with Crippen LogP contribution in [0.3, 0.4) is 0 Å². The summed E-state index contributed by atoms with van der Waals surface area (Å²) in [7, 11) is 1.43. The number of likely N-dealkylation sites (tertiary alicyclic amines) is 1. The van der Waals surface area contributed by atoms with E-state index in [-0.39, 0.29) is 17.3 Å². The van der Waals surface area contributed by atoms with Crippen molar-refractivity contribution in [2.75, 3.05) is 31.7 Å². The molecule has 2 fully saturated rings. The van der Waals surface area contributed by atoms with Gasteiger partial charge in [-0.2, -0.15) is 11.8 Å². The molecule has 2 rings (SSSR count). The predicted molar refractivity (Wildman–Crippen MR) is 71.4 cm³/mol. The molecule has 0 atom stereocenters. The van der Waals surface area contributed by atoms with Crippen molar-refractivity contribution in [3.63, 3.8) is 0 Å². The Morgan fingerprint density at radius 3 is 2.50 bits per heavy atom. The van der Waals surface area contributed by atoms with Crippen molar-refractivity contribution in [3.8, 4) is 0 Å². The maximum Gasteiger partial charge on any atom is 0.306 e. The van der Waals surface area contributed by atoms with Gasteiger partial charge in [0, 0.05) is 13.1 Å². The van der Waals surface area contributed by atoms with Crippen LogP contribution in [-0.4, -0.2) is 48.5 Å². The lowest BCUT2D eigenvalue weighted by Gasteiger charge is -2.16. The number of ether oxygens (including phenoxy) is 1. The fraction of sp³-hybridized carbons (Fsp3) is 0.846. The monoisotopic (exact) mass is 271 g/mol. The van der Waals surface area contributed by atoms with Crippen molar-refractivity contribution >= 4 is 23.6 Å². The molecule has 0 unspecified atom stereocenters. The van der Waals surface area contributed by atoms with Crippen LogP contribution in [0.5, 0.6) is 0 Å². The topological polar surface area (TPSA) is 46.6 Å². The van der Waals surface area contributed by atoms with Crippen LogP contribution in [0.4, 0.5) is 0 Å². The van der Waals surface area contributed by atoms with E-state index in [1.165, 1.54) is 7.11 Å². The summed E-state index contributed by atoms with van der Waals surface area (Å²) in [5.41, 5.74) is 0.128. The summed E-state index contributed by atoms with van der Waals surface area (Å²) in [6.45, 7) is 1.85. The van der Waals surface area contributed by atoms with Gasteiger partial charge in [-0.15, -0.1) is 0 Å². The van der Waals surface area contributed by atoms with E-state index in [1.807, 2.05) is 4.90 Å². The molecule has 18 heavy (non-hydrogen) atoms. The van der Waals surface area contributed by atoms with Crippen molar-refractivity contribution in [2.24, 2.45) is 5.41 Å². The first-order valence-corrected chi connectivity index (χ1v) is 7.73.